The Hall–Kier alpha value is -0.470. The number of hydrogen-bond acceptors (Lipinski definition) is 5. The summed E-state index contributed by atoms with van der Waals surface area (Å²) >= 11 is 1.35. The molecule has 1 aliphatic rings. The van der Waals surface area contributed by atoms with E-state index in [0.29, 0.717) is 29.9 Å². The molecule has 21 heavy (non-hydrogen) atoms. The third-order valence-corrected chi connectivity index (χ3v) is 7.62. The molecule has 1 aromatic rings. The molecule has 0 amide bonds. The predicted octanol–water partition coefficient (Wildman–Crippen LogP) is 1.35. The summed E-state index contributed by atoms with van der Waals surface area (Å²) < 4.78 is 27.3. The summed E-state index contributed by atoms with van der Waals surface area (Å²) in [5.41, 5.74) is 5.52. The quantitative estimate of drug-likeness (QED) is 0.854. The maximum atomic E-state index is 12.6. The van der Waals surface area contributed by atoms with Crippen LogP contribution in [0.15, 0.2) is 16.3 Å². The number of rotatable bonds is 6. The van der Waals surface area contributed by atoms with Crippen LogP contribution in [-0.4, -0.2) is 56.4 Å². The molecule has 0 saturated carbocycles. The molecule has 1 aromatic heterocycles. The molecule has 5 nitrogen and oxygen atoms in total. The lowest BCUT2D eigenvalue weighted by Crippen LogP contribution is -2.50. The van der Waals surface area contributed by atoms with Gasteiger partial charge in [0.2, 0.25) is 0 Å². The van der Waals surface area contributed by atoms with Crippen LogP contribution in [0, 0.1) is 0 Å². The smallest absolute Gasteiger partial charge is 0.252 e. The van der Waals surface area contributed by atoms with Crippen LogP contribution >= 0.6 is 11.3 Å². The van der Waals surface area contributed by atoms with Crippen molar-refractivity contribution in [1.82, 2.24) is 9.21 Å². The van der Waals surface area contributed by atoms with E-state index in [1.807, 2.05) is 6.07 Å². The number of thiophene rings is 1. The van der Waals surface area contributed by atoms with Crippen molar-refractivity contribution < 1.29 is 8.42 Å². The third kappa shape index (κ3) is 3.84. The van der Waals surface area contributed by atoms with Gasteiger partial charge in [-0.1, -0.05) is 6.92 Å². The van der Waals surface area contributed by atoms with Crippen molar-refractivity contribution in [2.24, 2.45) is 5.73 Å². The third-order valence-electron chi connectivity index (χ3n) is 4.11. The zero-order valence-corrected chi connectivity index (χ0v) is 14.4. The summed E-state index contributed by atoms with van der Waals surface area (Å²) in [7, 11) is -3.33. The normalized spacial score (nSPS) is 19.8. The molecule has 2 N–H and O–H groups in total. The van der Waals surface area contributed by atoms with Crippen molar-refractivity contribution in [2.75, 3.05) is 32.7 Å². The fraction of sp³-hybridized carbons (Fsp3) is 0.714. The van der Waals surface area contributed by atoms with Crippen molar-refractivity contribution in [1.29, 1.82) is 0 Å². The largest absolute Gasteiger partial charge is 0.330 e. The van der Waals surface area contributed by atoms with Crippen LogP contribution in [0.2, 0.25) is 0 Å². The van der Waals surface area contributed by atoms with Crippen LogP contribution in [-0.2, 0) is 16.4 Å². The van der Waals surface area contributed by atoms with Crippen molar-refractivity contribution in [3.8, 4) is 0 Å². The zero-order chi connectivity index (χ0) is 15.5. The first kappa shape index (κ1) is 16.9. The van der Waals surface area contributed by atoms with Crippen LogP contribution in [0.1, 0.15) is 25.1 Å². The first-order valence-electron chi connectivity index (χ1n) is 7.52. The minimum absolute atomic E-state index is 0.447. The Morgan fingerprint density at radius 3 is 2.52 bits per heavy atom. The van der Waals surface area contributed by atoms with Gasteiger partial charge in [0.1, 0.15) is 4.21 Å². The first-order valence-corrected chi connectivity index (χ1v) is 9.77. The van der Waals surface area contributed by atoms with Gasteiger partial charge in [-0.25, -0.2) is 8.42 Å². The molecule has 1 unspecified atom stereocenters. The van der Waals surface area contributed by atoms with Gasteiger partial charge in [0, 0.05) is 37.1 Å². The van der Waals surface area contributed by atoms with Crippen LogP contribution in [0.25, 0.3) is 0 Å². The molecule has 1 atom stereocenters. The van der Waals surface area contributed by atoms with E-state index in [1.54, 1.807) is 10.4 Å². The highest BCUT2D eigenvalue weighted by Crippen LogP contribution is 2.26. The van der Waals surface area contributed by atoms with Crippen molar-refractivity contribution in [2.45, 2.75) is 36.9 Å². The van der Waals surface area contributed by atoms with E-state index in [9.17, 15) is 8.42 Å². The number of nitrogens with zero attached hydrogens (tertiary/aromatic N) is 2. The van der Waals surface area contributed by atoms with E-state index < -0.39 is 10.0 Å². The van der Waals surface area contributed by atoms with E-state index in [0.717, 1.165) is 30.8 Å². The molecule has 1 fully saturated rings. The van der Waals surface area contributed by atoms with Gasteiger partial charge in [-0.05, 0) is 38.4 Å². The molecule has 0 aromatic carbocycles. The molecule has 1 saturated heterocycles. The van der Waals surface area contributed by atoms with E-state index in [2.05, 4.69) is 18.7 Å². The predicted molar refractivity (Wildman–Crippen MR) is 87.2 cm³/mol. The van der Waals surface area contributed by atoms with E-state index in [4.69, 9.17) is 5.73 Å². The summed E-state index contributed by atoms with van der Waals surface area (Å²) in [6.07, 6.45) is 1.84. The molecule has 0 radical (unpaired) electrons. The van der Waals surface area contributed by atoms with Gasteiger partial charge in [-0.15, -0.1) is 11.3 Å². The fourth-order valence-electron chi connectivity index (χ4n) is 2.54. The molecule has 2 rings (SSSR count). The second-order valence-corrected chi connectivity index (χ2v) is 8.79. The highest BCUT2D eigenvalue weighted by molar-refractivity contribution is 7.91. The van der Waals surface area contributed by atoms with Crippen LogP contribution in [0.4, 0.5) is 0 Å². The Morgan fingerprint density at radius 2 is 1.95 bits per heavy atom. The lowest BCUT2D eigenvalue weighted by atomic mass is 10.2. The molecule has 0 spiro atoms. The van der Waals surface area contributed by atoms with Crippen molar-refractivity contribution in [3.63, 3.8) is 0 Å². The zero-order valence-electron chi connectivity index (χ0n) is 12.8. The number of piperazine rings is 1. The van der Waals surface area contributed by atoms with E-state index >= 15 is 0 Å². The van der Waals surface area contributed by atoms with Gasteiger partial charge >= 0.3 is 0 Å². The topological polar surface area (TPSA) is 66.6 Å². The van der Waals surface area contributed by atoms with Crippen LogP contribution < -0.4 is 5.73 Å². The van der Waals surface area contributed by atoms with Crippen LogP contribution in [0.3, 0.4) is 0 Å². The minimum atomic E-state index is -3.33. The fourth-order valence-corrected chi connectivity index (χ4v) is 5.49. The maximum Gasteiger partial charge on any atom is 0.252 e. The van der Waals surface area contributed by atoms with Crippen molar-refractivity contribution >= 4 is 21.4 Å². The van der Waals surface area contributed by atoms with Gasteiger partial charge < -0.3 is 5.73 Å². The number of nitrogens with two attached hydrogens (primary N) is 1. The van der Waals surface area contributed by atoms with Crippen molar-refractivity contribution in [3.05, 3.63) is 17.0 Å². The Balaban J connectivity index is 2.03. The average molecular weight is 332 g/mol. The Labute approximate surface area is 131 Å². The van der Waals surface area contributed by atoms with Crippen LogP contribution in [0.5, 0.6) is 0 Å². The lowest BCUT2D eigenvalue weighted by Gasteiger charge is -2.36. The second-order valence-electron chi connectivity index (χ2n) is 5.46. The summed E-state index contributed by atoms with van der Waals surface area (Å²) in [5.74, 6) is 0. The molecular weight excluding hydrogens is 306 g/mol. The van der Waals surface area contributed by atoms with E-state index in [-0.39, 0.29) is 0 Å². The highest BCUT2D eigenvalue weighted by Gasteiger charge is 2.30. The molecule has 2 heterocycles. The van der Waals surface area contributed by atoms with E-state index in [1.165, 1.54) is 11.3 Å². The molecular formula is C14H25N3O2S2. The maximum absolute atomic E-state index is 12.6. The molecule has 0 aliphatic carbocycles. The Kier molecular flexibility index (Phi) is 5.79. The number of hydrogen-bond donors (Lipinski definition) is 1. The van der Waals surface area contributed by atoms with Gasteiger partial charge in [-0.3, -0.25) is 4.90 Å². The molecule has 0 bridgehead atoms. The average Bonchev–Trinajstić information content (AvgIpc) is 2.96. The van der Waals surface area contributed by atoms with Gasteiger partial charge in [-0.2, -0.15) is 4.31 Å². The summed E-state index contributed by atoms with van der Waals surface area (Å²) in [5, 5.41) is 0. The number of sulfonamides is 1. The standard InChI is InChI=1S/C14H25N3O2S2/c1-3-12(2)16-8-10-17(11-9-16)21(18,19)14-5-4-13(20-14)6-7-15/h4-5,12H,3,6-11,15H2,1-2H3. The van der Waals surface area contributed by atoms with Gasteiger partial charge in [0.25, 0.3) is 10.0 Å². The SMILES string of the molecule is CCC(C)N1CCN(S(=O)(=O)c2ccc(CCN)s2)CC1. The van der Waals surface area contributed by atoms with Gasteiger partial charge in [0.05, 0.1) is 0 Å². The monoisotopic (exact) mass is 331 g/mol. The first-order chi connectivity index (χ1) is 9.98. The Morgan fingerprint density at radius 1 is 1.29 bits per heavy atom. The van der Waals surface area contributed by atoms with Gasteiger partial charge in [0.15, 0.2) is 0 Å². The molecule has 1 aliphatic heterocycles. The second kappa shape index (κ2) is 7.19. The lowest BCUT2D eigenvalue weighted by molar-refractivity contribution is 0.143. The Bertz CT molecular complexity index is 548. The highest BCUT2D eigenvalue weighted by atomic mass is 32.2. The summed E-state index contributed by atoms with van der Waals surface area (Å²) in [6.45, 7) is 7.70. The molecule has 120 valence electrons. The summed E-state index contributed by atoms with van der Waals surface area (Å²) in [6, 6.07) is 4.11. The minimum Gasteiger partial charge on any atom is -0.330 e. The molecule has 7 heteroatoms. The summed E-state index contributed by atoms with van der Waals surface area (Å²) in [4.78, 5) is 3.40.